The number of nitrogen functional groups attached to an aromatic ring is 1. The zero-order chi connectivity index (χ0) is 15.4. The second-order valence-corrected chi connectivity index (χ2v) is 4.63. The number of carbonyl (C=O) groups is 1. The lowest BCUT2D eigenvalue weighted by molar-refractivity contribution is 0.0603. The number of nitrogens with two attached hydrogens (primary N) is 1. The van der Waals surface area contributed by atoms with Crippen LogP contribution in [-0.4, -0.2) is 34.4 Å². The van der Waals surface area contributed by atoms with E-state index >= 15 is 0 Å². The SMILES string of the molecule is CCCNc1nn(-c2cc(C)ccn2)c(N)c1C(=O)OC. The van der Waals surface area contributed by atoms with Crippen molar-refractivity contribution in [1.29, 1.82) is 0 Å². The molecule has 0 saturated heterocycles. The Kier molecular flexibility index (Phi) is 4.42. The fraction of sp³-hybridized carbons (Fsp3) is 0.357. The first-order chi connectivity index (χ1) is 10.1. The van der Waals surface area contributed by atoms with Gasteiger partial charge in [-0.15, -0.1) is 5.10 Å². The van der Waals surface area contributed by atoms with Crippen molar-refractivity contribution in [1.82, 2.24) is 14.8 Å². The van der Waals surface area contributed by atoms with Crippen LogP contribution < -0.4 is 11.1 Å². The second kappa shape index (κ2) is 6.25. The number of rotatable bonds is 5. The Balaban J connectivity index is 2.52. The number of ether oxygens (including phenoxy) is 1. The minimum Gasteiger partial charge on any atom is -0.465 e. The largest absolute Gasteiger partial charge is 0.465 e. The highest BCUT2D eigenvalue weighted by Crippen LogP contribution is 2.25. The van der Waals surface area contributed by atoms with Crippen LogP contribution in [0, 0.1) is 6.92 Å². The number of esters is 1. The lowest BCUT2D eigenvalue weighted by Crippen LogP contribution is -2.09. The molecule has 3 N–H and O–H groups in total. The van der Waals surface area contributed by atoms with E-state index in [1.165, 1.54) is 11.8 Å². The molecule has 0 aliphatic rings. The standard InChI is InChI=1S/C14H19N5O2/c1-4-6-17-13-11(14(20)21-3)12(15)19(18-13)10-8-9(2)5-7-16-10/h5,7-8H,4,6,15H2,1-3H3,(H,17,18). The third kappa shape index (κ3) is 2.96. The van der Waals surface area contributed by atoms with Gasteiger partial charge in [-0.25, -0.2) is 9.78 Å². The van der Waals surface area contributed by atoms with E-state index in [4.69, 9.17) is 10.5 Å². The van der Waals surface area contributed by atoms with E-state index in [1.807, 2.05) is 26.0 Å². The molecule has 7 nitrogen and oxygen atoms in total. The van der Waals surface area contributed by atoms with Crippen molar-refractivity contribution in [3.63, 3.8) is 0 Å². The van der Waals surface area contributed by atoms with E-state index in [2.05, 4.69) is 15.4 Å². The van der Waals surface area contributed by atoms with Crippen LogP contribution in [0.25, 0.3) is 5.82 Å². The van der Waals surface area contributed by atoms with Gasteiger partial charge in [0.15, 0.2) is 11.6 Å². The third-order valence-corrected chi connectivity index (χ3v) is 2.97. The van der Waals surface area contributed by atoms with E-state index in [9.17, 15) is 4.79 Å². The van der Waals surface area contributed by atoms with Crippen LogP contribution in [0.5, 0.6) is 0 Å². The van der Waals surface area contributed by atoms with Gasteiger partial charge in [-0.2, -0.15) is 4.68 Å². The highest BCUT2D eigenvalue weighted by atomic mass is 16.5. The monoisotopic (exact) mass is 289 g/mol. The molecule has 0 fully saturated rings. The summed E-state index contributed by atoms with van der Waals surface area (Å²) in [7, 11) is 1.31. The highest BCUT2D eigenvalue weighted by molar-refractivity contribution is 5.99. The number of hydrogen-bond donors (Lipinski definition) is 2. The number of anilines is 2. The topological polar surface area (TPSA) is 95.1 Å². The molecule has 0 amide bonds. The van der Waals surface area contributed by atoms with E-state index in [0.717, 1.165) is 12.0 Å². The zero-order valence-corrected chi connectivity index (χ0v) is 12.4. The summed E-state index contributed by atoms with van der Waals surface area (Å²) in [5.74, 6) is 0.648. The molecule has 2 heterocycles. The van der Waals surface area contributed by atoms with Crippen molar-refractivity contribution >= 4 is 17.6 Å². The van der Waals surface area contributed by atoms with Crippen LogP contribution in [0.3, 0.4) is 0 Å². The van der Waals surface area contributed by atoms with Crippen molar-refractivity contribution in [3.05, 3.63) is 29.5 Å². The van der Waals surface area contributed by atoms with Crippen molar-refractivity contribution in [2.24, 2.45) is 0 Å². The molecule has 2 aromatic heterocycles. The third-order valence-electron chi connectivity index (χ3n) is 2.97. The number of carbonyl (C=O) groups excluding carboxylic acids is 1. The fourth-order valence-electron chi connectivity index (χ4n) is 1.91. The Morgan fingerprint density at radius 1 is 1.52 bits per heavy atom. The molecule has 0 aliphatic carbocycles. The molecule has 112 valence electrons. The smallest absolute Gasteiger partial charge is 0.345 e. The Hall–Kier alpha value is -2.57. The van der Waals surface area contributed by atoms with Crippen LogP contribution >= 0.6 is 0 Å². The summed E-state index contributed by atoms with van der Waals surface area (Å²) >= 11 is 0. The van der Waals surface area contributed by atoms with Gasteiger partial charge in [0.25, 0.3) is 0 Å². The predicted octanol–water partition coefficient (Wildman–Crippen LogP) is 1.77. The molecule has 21 heavy (non-hydrogen) atoms. The van der Waals surface area contributed by atoms with Gasteiger partial charge in [-0.05, 0) is 31.0 Å². The summed E-state index contributed by atoms with van der Waals surface area (Å²) in [6.07, 6.45) is 2.57. The lowest BCUT2D eigenvalue weighted by Gasteiger charge is -2.04. The van der Waals surface area contributed by atoms with Crippen LogP contribution in [0.2, 0.25) is 0 Å². The molecule has 0 aromatic carbocycles. The minimum atomic E-state index is -0.523. The van der Waals surface area contributed by atoms with Gasteiger partial charge in [-0.3, -0.25) is 0 Å². The molecular weight excluding hydrogens is 270 g/mol. The van der Waals surface area contributed by atoms with Gasteiger partial charge in [0.2, 0.25) is 0 Å². The highest BCUT2D eigenvalue weighted by Gasteiger charge is 2.23. The normalized spacial score (nSPS) is 10.4. The van der Waals surface area contributed by atoms with Gasteiger partial charge in [0, 0.05) is 12.7 Å². The summed E-state index contributed by atoms with van der Waals surface area (Å²) in [6, 6.07) is 3.72. The van der Waals surface area contributed by atoms with E-state index in [-0.39, 0.29) is 11.4 Å². The van der Waals surface area contributed by atoms with Crippen molar-refractivity contribution in [2.45, 2.75) is 20.3 Å². The van der Waals surface area contributed by atoms with Crippen LogP contribution in [0.1, 0.15) is 29.3 Å². The van der Waals surface area contributed by atoms with Gasteiger partial charge < -0.3 is 15.8 Å². The number of aromatic nitrogens is 3. The number of hydrogen-bond acceptors (Lipinski definition) is 6. The molecule has 0 aliphatic heterocycles. The lowest BCUT2D eigenvalue weighted by atomic mass is 10.3. The fourth-order valence-corrected chi connectivity index (χ4v) is 1.91. The van der Waals surface area contributed by atoms with Crippen molar-refractivity contribution in [2.75, 3.05) is 24.7 Å². The molecule has 2 aromatic rings. The molecule has 0 bridgehead atoms. The summed E-state index contributed by atoms with van der Waals surface area (Å²) in [5, 5.41) is 7.43. The number of methoxy groups -OCH3 is 1. The Labute approximate surface area is 123 Å². The van der Waals surface area contributed by atoms with E-state index in [1.54, 1.807) is 6.20 Å². The van der Waals surface area contributed by atoms with Crippen molar-refractivity contribution < 1.29 is 9.53 Å². The quantitative estimate of drug-likeness (QED) is 0.814. The maximum atomic E-state index is 11.9. The molecule has 0 saturated carbocycles. The number of nitrogens with zero attached hydrogens (tertiary/aromatic N) is 3. The average molecular weight is 289 g/mol. The summed E-state index contributed by atoms with van der Waals surface area (Å²) in [5.41, 5.74) is 7.31. The van der Waals surface area contributed by atoms with Crippen molar-refractivity contribution in [3.8, 4) is 5.82 Å². The number of nitrogens with one attached hydrogen (secondary N) is 1. The van der Waals surface area contributed by atoms with Gasteiger partial charge >= 0.3 is 5.97 Å². The average Bonchev–Trinajstić information content (AvgIpc) is 2.81. The van der Waals surface area contributed by atoms with Gasteiger partial charge in [0.1, 0.15) is 11.4 Å². The van der Waals surface area contributed by atoms with Crippen LogP contribution in [-0.2, 0) is 4.74 Å². The maximum absolute atomic E-state index is 11.9. The summed E-state index contributed by atoms with van der Waals surface area (Å²) in [4.78, 5) is 16.1. The Bertz CT molecular complexity index is 651. The van der Waals surface area contributed by atoms with Gasteiger partial charge in [0.05, 0.1) is 7.11 Å². The first kappa shape index (κ1) is 14.8. The van der Waals surface area contributed by atoms with Gasteiger partial charge in [-0.1, -0.05) is 6.92 Å². The Morgan fingerprint density at radius 2 is 2.29 bits per heavy atom. The maximum Gasteiger partial charge on any atom is 0.345 e. The molecular formula is C14H19N5O2. The first-order valence-corrected chi connectivity index (χ1v) is 6.72. The van der Waals surface area contributed by atoms with Crippen LogP contribution in [0.15, 0.2) is 18.3 Å². The molecule has 0 atom stereocenters. The second-order valence-electron chi connectivity index (χ2n) is 4.63. The van der Waals surface area contributed by atoms with E-state index < -0.39 is 5.97 Å². The zero-order valence-electron chi connectivity index (χ0n) is 12.4. The molecule has 0 unspecified atom stereocenters. The number of pyridine rings is 1. The number of aryl methyl sites for hydroxylation is 1. The summed E-state index contributed by atoms with van der Waals surface area (Å²) < 4.78 is 6.22. The summed E-state index contributed by atoms with van der Waals surface area (Å²) in [6.45, 7) is 4.65. The minimum absolute atomic E-state index is 0.207. The molecule has 0 spiro atoms. The first-order valence-electron chi connectivity index (χ1n) is 6.72. The predicted molar refractivity (Wildman–Crippen MR) is 80.6 cm³/mol. The molecule has 0 radical (unpaired) electrons. The van der Waals surface area contributed by atoms with E-state index in [0.29, 0.717) is 18.2 Å². The van der Waals surface area contributed by atoms with Crippen LogP contribution in [0.4, 0.5) is 11.6 Å². The molecule has 7 heteroatoms. The molecule has 2 rings (SSSR count). The Morgan fingerprint density at radius 3 is 2.90 bits per heavy atom.